The molecule has 10 nitrogen and oxygen atoms in total. The Morgan fingerprint density at radius 1 is 1.06 bits per heavy atom. The number of aliphatic hydroxyl groups is 1. The Labute approximate surface area is 183 Å². The minimum atomic E-state index is -1.32. The van der Waals surface area contributed by atoms with Crippen LogP contribution in [-0.4, -0.2) is 75.6 Å². The van der Waals surface area contributed by atoms with Gasteiger partial charge < -0.3 is 31.5 Å². The summed E-state index contributed by atoms with van der Waals surface area (Å²) in [6.07, 6.45) is 0.644. The molecule has 0 bridgehead atoms. The summed E-state index contributed by atoms with van der Waals surface area (Å²) in [6.45, 7) is 9.12. The molecular weight excluding hydrogens is 404 g/mol. The predicted octanol–water partition coefficient (Wildman–Crippen LogP) is -0.168. The van der Waals surface area contributed by atoms with E-state index in [2.05, 4.69) is 10.6 Å². The molecule has 0 radical (unpaired) electrons. The average molecular weight is 443 g/mol. The smallest absolute Gasteiger partial charge is 0.326 e. The number of carbonyl (C=O) groups is 4. The third-order valence-electron chi connectivity index (χ3n) is 5.72. The summed E-state index contributed by atoms with van der Waals surface area (Å²) in [4.78, 5) is 51.0. The molecule has 6 unspecified atom stereocenters. The van der Waals surface area contributed by atoms with Crippen molar-refractivity contribution in [3.8, 4) is 0 Å². The number of nitrogens with two attached hydrogens (primary N) is 1. The first-order chi connectivity index (χ1) is 14.4. The first-order valence-corrected chi connectivity index (χ1v) is 11.0. The van der Waals surface area contributed by atoms with E-state index in [4.69, 9.17) is 5.73 Å². The summed E-state index contributed by atoms with van der Waals surface area (Å²) in [7, 11) is 0. The Kier molecular flexibility index (Phi) is 10.4. The van der Waals surface area contributed by atoms with Crippen molar-refractivity contribution in [1.29, 1.82) is 0 Å². The summed E-state index contributed by atoms with van der Waals surface area (Å²) in [5, 5.41) is 24.7. The molecule has 0 aromatic rings. The van der Waals surface area contributed by atoms with Gasteiger partial charge in [-0.15, -0.1) is 0 Å². The van der Waals surface area contributed by atoms with Crippen LogP contribution in [0.4, 0.5) is 0 Å². The fourth-order valence-electron chi connectivity index (χ4n) is 3.67. The number of likely N-dealkylation sites (tertiary alicyclic amines) is 1. The third-order valence-corrected chi connectivity index (χ3v) is 5.72. The van der Waals surface area contributed by atoms with Gasteiger partial charge in [-0.05, 0) is 38.0 Å². The van der Waals surface area contributed by atoms with E-state index in [9.17, 15) is 29.4 Å². The third kappa shape index (κ3) is 7.46. The van der Waals surface area contributed by atoms with Crippen molar-refractivity contribution in [2.24, 2.45) is 17.6 Å². The molecule has 1 aliphatic heterocycles. The van der Waals surface area contributed by atoms with Gasteiger partial charge >= 0.3 is 5.97 Å². The van der Waals surface area contributed by atoms with Crippen LogP contribution in [-0.2, 0) is 19.2 Å². The fraction of sp³-hybridized carbons (Fsp3) is 0.810. The van der Waals surface area contributed by atoms with E-state index in [1.165, 1.54) is 11.8 Å². The highest BCUT2D eigenvalue weighted by atomic mass is 16.4. The van der Waals surface area contributed by atoms with Crippen LogP contribution in [0.2, 0.25) is 0 Å². The SMILES string of the molecule is CCC(C)C(NC(=O)C(N)CC(C)C)C(=O)NC(C(=O)N1CCCC1C(=O)O)C(C)O. The molecule has 0 saturated carbocycles. The van der Waals surface area contributed by atoms with Crippen LogP contribution >= 0.6 is 0 Å². The summed E-state index contributed by atoms with van der Waals surface area (Å²) in [5.74, 6) is -2.90. The van der Waals surface area contributed by atoms with Gasteiger partial charge in [0, 0.05) is 6.54 Å². The molecule has 3 amide bonds. The number of nitrogens with one attached hydrogen (secondary N) is 2. The number of amides is 3. The molecule has 6 N–H and O–H groups in total. The molecule has 1 rings (SSSR count). The standard InChI is InChI=1S/C21H38N4O6/c1-6-12(4)16(23-18(27)14(22)10-11(2)3)19(28)24-17(13(5)26)20(29)25-9-7-8-15(25)21(30)31/h11-17,26H,6-10,22H2,1-5H3,(H,23,27)(H,24,28)(H,30,31). The molecule has 31 heavy (non-hydrogen) atoms. The Morgan fingerprint density at radius 3 is 2.13 bits per heavy atom. The summed E-state index contributed by atoms with van der Waals surface area (Å²) in [5.41, 5.74) is 5.93. The fourth-order valence-corrected chi connectivity index (χ4v) is 3.67. The number of carbonyl (C=O) groups excluding carboxylic acids is 3. The number of hydrogen-bond donors (Lipinski definition) is 5. The molecule has 1 fully saturated rings. The molecule has 1 saturated heterocycles. The molecule has 6 atom stereocenters. The van der Waals surface area contributed by atoms with Gasteiger partial charge in [-0.1, -0.05) is 34.1 Å². The van der Waals surface area contributed by atoms with Crippen LogP contribution < -0.4 is 16.4 Å². The summed E-state index contributed by atoms with van der Waals surface area (Å²) < 4.78 is 0. The van der Waals surface area contributed by atoms with Gasteiger partial charge in [0.05, 0.1) is 12.1 Å². The molecular formula is C21H38N4O6. The lowest BCUT2D eigenvalue weighted by molar-refractivity contribution is -0.151. The predicted molar refractivity (Wildman–Crippen MR) is 115 cm³/mol. The highest BCUT2D eigenvalue weighted by molar-refractivity contribution is 5.94. The molecule has 178 valence electrons. The number of aliphatic hydroxyl groups excluding tert-OH is 1. The highest BCUT2D eigenvalue weighted by Gasteiger charge is 2.40. The van der Waals surface area contributed by atoms with Crippen molar-refractivity contribution in [3.63, 3.8) is 0 Å². The second-order valence-corrected chi connectivity index (χ2v) is 8.86. The van der Waals surface area contributed by atoms with Crippen molar-refractivity contribution in [1.82, 2.24) is 15.5 Å². The van der Waals surface area contributed by atoms with Crippen molar-refractivity contribution >= 4 is 23.7 Å². The zero-order valence-electron chi connectivity index (χ0n) is 19.1. The second kappa shape index (κ2) is 12.0. The van der Waals surface area contributed by atoms with Gasteiger partial charge in [0.1, 0.15) is 18.1 Å². The maximum Gasteiger partial charge on any atom is 0.326 e. The average Bonchev–Trinajstić information content (AvgIpc) is 3.18. The Bertz CT molecular complexity index is 654. The number of nitrogens with zero attached hydrogens (tertiary/aromatic N) is 1. The van der Waals surface area contributed by atoms with Gasteiger partial charge in [0.15, 0.2) is 0 Å². The van der Waals surface area contributed by atoms with Crippen LogP contribution in [0.1, 0.15) is 60.3 Å². The lowest BCUT2D eigenvalue weighted by Crippen LogP contribution is -2.61. The maximum atomic E-state index is 13.0. The van der Waals surface area contributed by atoms with Crippen LogP contribution in [0.15, 0.2) is 0 Å². The Balaban J connectivity index is 2.98. The number of hydrogen-bond acceptors (Lipinski definition) is 6. The minimum absolute atomic E-state index is 0.205. The normalized spacial score (nSPS) is 21.2. The summed E-state index contributed by atoms with van der Waals surface area (Å²) in [6, 6.07) is -4.02. The van der Waals surface area contributed by atoms with Gasteiger partial charge in [-0.2, -0.15) is 0 Å². The number of carboxylic acid groups (broad SMARTS) is 1. The van der Waals surface area contributed by atoms with E-state index < -0.39 is 54.0 Å². The minimum Gasteiger partial charge on any atom is -0.480 e. The first-order valence-electron chi connectivity index (χ1n) is 11.0. The van der Waals surface area contributed by atoms with Gasteiger partial charge in [-0.25, -0.2) is 4.79 Å². The van der Waals surface area contributed by atoms with Gasteiger partial charge in [0.2, 0.25) is 17.7 Å². The van der Waals surface area contributed by atoms with E-state index in [1.807, 2.05) is 20.8 Å². The zero-order chi connectivity index (χ0) is 23.9. The molecule has 0 aromatic heterocycles. The molecule has 0 spiro atoms. The van der Waals surface area contributed by atoms with Crippen LogP contribution in [0.5, 0.6) is 0 Å². The number of aliphatic carboxylic acids is 1. The van der Waals surface area contributed by atoms with E-state index >= 15 is 0 Å². The summed E-state index contributed by atoms with van der Waals surface area (Å²) >= 11 is 0. The van der Waals surface area contributed by atoms with E-state index in [1.54, 1.807) is 6.92 Å². The van der Waals surface area contributed by atoms with E-state index in [0.717, 1.165) is 0 Å². The van der Waals surface area contributed by atoms with E-state index in [-0.39, 0.29) is 18.4 Å². The highest BCUT2D eigenvalue weighted by Crippen LogP contribution is 2.19. The van der Waals surface area contributed by atoms with Gasteiger partial charge in [0.25, 0.3) is 0 Å². The molecule has 0 aliphatic carbocycles. The van der Waals surface area contributed by atoms with Crippen LogP contribution in [0.3, 0.4) is 0 Å². The van der Waals surface area contributed by atoms with Crippen molar-refractivity contribution < 1.29 is 29.4 Å². The zero-order valence-corrected chi connectivity index (χ0v) is 19.1. The number of carboxylic acids is 1. The monoisotopic (exact) mass is 442 g/mol. The molecule has 0 aromatic carbocycles. The lowest BCUT2D eigenvalue weighted by atomic mass is 9.96. The van der Waals surface area contributed by atoms with Crippen LogP contribution in [0, 0.1) is 11.8 Å². The Hall–Kier alpha value is -2.20. The first kappa shape index (κ1) is 26.8. The second-order valence-electron chi connectivity index (χ2n) is 8.86. The quantitative estimate of drug-likeness (QED) is 0.297. The largest absolute Gasteiger partial charge is 0.480 e. The topological polar surface area (TPSA) is 162 Å². The van der Waals surface area contributed by atoms with Crippen molar-refractivity contribution in [3.05, 3.63) is 0 Å². The molecule has 1 aliphatic rings. The van der Waals surface area contributed by atoms with Gasteiger partial charge in [-0.3, -0.25) is 14.4 Å². The lowest BCUT2D eigenvalue weighted by Gasteiger charge is -2.31. The van der Waals surface area contributed by atoms with Crippen molar-refractivity contribution in [2.45, 2.75) is 90.6 Å². The van der Waals surface area contributed by atoms with E-state index in [0.29, 0.717) is 25.7 Å². The number of rotatable bonds is 11. The molecule has 1 heterocycles. The molecule has 10 heteroatoms. The van der Waals surface area contributed by atoms with Crippen molar-refractivity contribution in [2.75, 3.05) is 6.54 Å². The Morgan fingerprint density at radius 2 is 1.65 bits per heavy atom. The maximum absolute atomic E-state index is 13.0. The van der Waals surface area contributed by atoms with Crippen LogP contribution in [0.25, 0.3) is 0 Å².